The van der Waals surface area contributed by atoms with E-state index in [0.29, 0.717) is 11.8 Å². The van der Waals surface area contributed by atoms with E-state index in [0.717, 1.165) is 32.0 Å². The average Bonchev–Trinajstić information content (AvgIpc) is 2.10. The van der Waals surface area contributed by atoms with Gasteiger partial charge in [-0.05, 0) is 37.5 Å². The van der Waals surface area contributed by atoms with Crippen LogP contribution in [-0.4, -0.2) is 13.0 Å². The first-order valence-electron chi connectivity index (χ1n) is 5.06. The summed E-state index contributed by atoms with van der Waals surface area (Å²) in [6.45, 7) is 4.08. The van der Waals surface area contributed by atoms with Gasteiger partial charge in [-0.2, -0.15) is 0 Å². The predicted molar refractivity (Wildman–Crippen MR) is 51.3 cm³/mol. The van der Waals surface area contributed by atoms with E-state index in [4.69, 9.17) is 0 Å². The SMILES string of the molecule is CC1(C)CCC(C=O)(CCF)CC1. The molecule has 0 N–H and O–H groups in total. The Kier molecular flexibility index (Phi) is 3.09. The maximum absolute atomic E-state index is 12.2. The van der Waals surface area contributed by atoms with Crippen LogP contribution in [0.3, 0.4) is 0 Å². The van der Waals surface area contributed by atoms with Crippen molar-refractivity contribution in [3.05, 3.63) is 0 Å². The molecule has 1 aliphatic carbocycles. The molecule has 1 rings (SSSR count). The number of carbonyl (C=O) groups is 1. The number of halogens is 1. The molecule has 1 aliphatic rings. The number of alkyl halides is 1. The first-order chi connectivity index (χ1) is 6.04. The van der Waals surface area contributed by atoms with Crippen LogP contribution in [0.1, 0.15) is 46.0 Å². The second kappa shape index (κ2) is 3.77. The van der Waals surface area contributed by atoms with Crippen molar-refractivity contribution >= 4 is 6.29 Å². The Bertz CT molecular complexity index is 177. The van der Waals surface area contributed by atoms with E-state index in [1.807, 2.05) is 0 Å². The normalized spacial score (nSPS) is 25.5. The summed E-state index contributed by atoms with van der Waals surface area (Å²) < 4.78 is 12.2. The largest absolute Gasteiger partial charge is 0.303 e. The highest BCUT2D eigenvalue weighted by molar-refractivity contribution is 5.59. The molecule has 13 heavy (non-hydrogen) atoms. The van der Waals surface area contributed by atoms with Crippen molar-refractivity contribution in [1.82, 2.24) is 0 Å². The van der Waals surface area contributed by atoms with Crippen molar-refractivity contribution in [2.45, 2.75) is 46.0 Å². The fourth-order valence-electron chi connectivity index (χ4n) is 2.04. The van der Waals surface area contributed by atoms with E-state index < -0.39 is 0 Å². The van der Waals surface area contributed by atoms with E-state index in [9.17, 15) is 9.18 Å². The maximum Gasteiger partial charge on any atom is 0.126 e. The van der Waals surface area contributed by atoms with Crippen LogP contribution >= 0.6 is 0 Å². The van der Waals surface area contributed by atoms with Gasteiger partial charge in [-0.15, -0.1) is 0 Å². The molecule has 2 heteroatoms. The number of carbonyl (C=O) groups excluding carboxylic acids is 1. The Morgan fingerprint density at radius 3 is 2.15 bits per heavy atom. The fraction of sp³-hybridized carbons (Fsp3) is 0.909. The molecule has 0 bridgehead atoms. The van der Waals surface area contributed by atoms with Crippen molar-refractivity contribution in [2.24, 2.45) is 10.8 Å². The van der Waals surface area contributed by atoms with Gasteiger partial charge >= 0.3 is 0 Å². The zero-order chi connectivity index (χ0) is 9.95. The Labute approximate surface area is 79.7 Å². The molecule has 0 aliphatic heterocycles. The van der Waals surface area contributed by atoms with Gasteiger partial charge in [0.05, 0.1) is 6.67 Å². The topological polar surface area (TPSA) is 17.1 Å². The van der Waals surface area contributed by atoms with Crippen LogP contribution in [-0.2, 0) is 4.79 Å². The molecular formula is C11H19FO. The summed E-state index contributed by atoms with van der Waals surface area (Å²) in [4.78, 5) is 10.9. The molecule has 1 saturated carbocycles. The molecule has 1 nitrogen and oxygen atoms in total. The van der Waals surface area contributed by atoms with Crippen LogP contribution in [0.4, 0.5) is 4.39 Å². The quantitative estimate of drug-likeness (QED) is 0.619. The summed E-state index contributed by atoms with van der Waals surface area (Å²) in [6.07, 6.45) is 5.24. The number of hydrogen-bond donors (Lipinski definition) is 0. The van der Waals surface area contributed by atoms with Gasteiger partial charge in [0.1, 0.15) is 6.29 Å². The Balaban J connectivity index is 2.57. The molecule has 76 valence electrons. The molecule has 0 aromatic carbocycles. The first-order valence-corrected chi connectivity index (χ1v) is 5.06. The molecule has 1 fully saturated rings. The number of hydrogen-bond acceptors (Lipinski definition) is 1. The lowest BCUT2D eigenvalue weighted by Crippen LogP contribution is -2.32. The molecule has 0 radical (unpaired) electrons. The number of rotatable bonds is 3. The molecular weight excluding hydrogens is 167 g/mol. The van der Waals surface area contributed by atoms with E-state index in [-0.39, 0.29) is 12.1 Å². The Morgan fingerprint density at radius 1 is 1.23 bits per heavy atom. The van der Waals surface area contributed by atoms with Gasteiger partial charge in [0, 0.05) is 5.41 Å². The minimum Gasteiger partial charge on any atom is -0.303 e. The van der Waals surface area contributed by atoms with Crippen molar-refractivity contribution in [3.8, 4) is 0 Å². The average molecular weight is 186 g/mol. The summed E-state index contributed by atoms with van der Waals surface area (Å²) in [5, 5.41) is 0. The van der Waals surface area contributed by atoms with Gasteiger partial charge in [-0.3, -0.25) is 4.39 Å². The third-order valence-electron chi connectivity index (χ3n) is 3.44. The van der Waals surface area contributed by atoms with Crippen molar-refractivity contribution < 1.29 is 9.18 Å². The van der Waals surface area contributed by atoms with Crippen LogP contribution in [0.2, 0.25) is 0 Å². The summed E-state index contributed by atoms with van der Waals surface area (Å²) in [5.74, 6) is 0. The van der Waals surface area contributed by atoms with Gasteiger partial charge in [0.15, 0.2) is 0 Å². The second-order valence-corrected chi connectivity index (χ2v) is 5.08. The van der Waals surface area contributed by atoms with E-state index in [1.54, 1.807) is 0 Å². The fourth-order valence-corrected chi connectivity index (χ4v) is 2.04. The highest BCUT2D eigenvalue weighted by Gasteiger charge is 2.37. The number of aldehydes is 1. The van der Waals surface area contributed by atoms with Crippen molar-refractivity contribution in [2.75, 3.05) is 6.67 Å². The Hall–Kier alpha value is -0.400. The van der Waals surface area contributed by atoms with Crippen molar-refractivity contribution in [1.29, 1.82) is 0 Å². The van der Waals surface area contributed by atoms with Crippen LogP contribution in [0.25, 0.3) is 0 Å². The molecule has 0 atom stereocenters. The predicted octanol–water partition coefficient (Wildman–Crippen LogP) is 3.13. The standard InChI is InChI=1S/C11H19FO/c1-10(2)3-5-11(9-13,6-4-10)7-8-12/h9H,3-8H2,1-2H3. The van der Waals surface area contributed by atoms with Crippen molar-refractivity contribution in [3.63, 3.8) is 0 Å². The molecule has 0 spiro atoms. The molecule has 0 aromatic rings. The van der Waals surface area contributed by atoms with E-state index in [2.05, 4.69) is 13.8 Å². The van der Waals surface area contributed by atoms with E-state index >= 15 is 0 Å². The first kappa shape index (κ1) is 10.7. The van der Waals surface area contributed by atoms with Crippen LogP contribution in [0.5, 0.6) is 0 Å². The van der Waals surface area contributed by atoms with Gasteiger partial charge < -0.3 is 4.79 Å². The molecule has 0 saturated heterocycles. The van der Waals surface area contributed by atoms with Gasteiger partial charge in [-0.1, -0.05) is 13.8 Å². The molecule has 0 heterocycles. The minimum absolute atomic E-state index is 0.329. The van der Waals surface area contributed by atoms with Crippen LogP contribution < -0.4 is 0 Å². The summed E-state index contributed by atoms with van der Waals surface area (Å²) >= 11 is 0. The van der Waals surface area contributed by atoms with E-state index in [1.165, 1.54) is 0 Å². The smallest absolute Gasteiger partial charge is 0.126 e. The lowest BCUT2D eigenvalue weighted by molar-refractivity contribution is -0.119. The molecule has 0 aromatic heterocycles. The third-order valence-corrected chi connectivity index (χ3v) is 3.44. The summed E-state index contributed by atoms with van der Waals surface area (Å²) in [5.41, 5.74) is 0.0209. The zero-order valence-electron chi connectivity index (χ0n) is 8.61. The lowest BCUT2D eigenvalue weighted by atomic mass is 9.65. The summed E-state index contributed by atoms with van der Waals surface area (Å²) in [7, 11) is 0. The monoisotopic (exact) mass is 186 g/mol. The molecule has 0 amide bonds. The highest BCUT2D eigenvalue weighted by atomic mass is 19.1. The van der Waals surface area contributed by atoms with Gasteiger partial charge in [0.2, 0.25) is 0 Å². The lowest BCUT2D eigenvalue weighted by Gasteiger charge is -2.39. The third kappa shape index (κ3) is 2.52. The van der Waals surface area contributed by atoms with Gasteiger partial charge in [0.25, 0.3) is 0 Å². The molecule has 0 unspecified atom stereocenters. The Morgan fingerprint density at radius 2 is 1.77 bits per heavy atom. The highest BCUT2D eigenvalue weighted by Crippen LogP contribution is 2.45. The minimum atomic E-state index is -0.362. The van der Waals surface area contributed by atoms with Gasteiger partial charge in [-0.25, -0.2) is 0 Å². The van der Waals surface area contributed by atoms with Crippen LogP contribution in [0, 0.1) is 10.8 Å². The maximum atomic E-state index is 12.2. The summed E-state index contributed by atoms with van der Waals surface area (Å²) in [6, 6.07) is 0. The second-order valence-electron chi connectivity index (χ2n) is 5.08. The zero-order valence-corrected chi connectivity index (χ0v) is 8.61. The van der Waals surface area contributed by atoms with Crippen LogP contribution in [0.15, 0.2) is 0 Å².